The zero-order valence-corrected chi connectivity index (χ0v) is 16.9. The van der Waals surface area contributed by atoms with Gasteiger partial charge in [-0.15, -0.1) is 12.4 Å². The van der Waals surface area contributed by atoms with Crippen molar-refractivity contribution in [3.63, 3.8) is 0 Å². The summed E-state index contributed by atoms with van der Waals surface area (Å²) in [6.45, 7) is 3.18. The van der Waals surface area contributed by atoms with E-state index < -0.39 is 5.54 Å². The minimum Gasteiger partial charge on any atom is -0.493 e. The summed E-state index contributed by atoms with van der Waals surface area (Å²) in [6, 6.07) is 5.20. The predicted octanol–water partition coefficient (Wildman–Crippen LogP) is 3.54. The lowest BCUT2D eigenvalue weighted by molar-refractivity contribution is -0.142. The number of hydrogen-bond acceptors (Lipinski definition) is 4. The number of carbonyl (C=O) groups excluding carboxylic acids is 1. The highest BCUT2D eigenvalue weighted by atomic mass is 35.5. The molecule has 26 heavy (non-hydrogen) atoms. The summed E-state index contributed by atoms with van der Waals surface area (Å²) in [5.41, 5.74) is 5.56. The maximum atomic E-state index is 12.7. The van der Waals surface area contributed by atoms with E-state index in [0.717, 1.165) is 25.9 Å². The van der Waals surface area contributed by atoms with Crippen LogP contribution in [0.3, 0.4) is 0 Å². The van der Waals surface area contributed by atoms with Gasteiger partial charge in [0.2, 0.25) is 5.91 Å². The second kappa shape index (κ2) is 9.47. The van der Waals surface area contributed by atoms with Crippen LogP contribution < -0.4 is 10.5 Å². The van der Waals surface area contributed by atoms with Gasteiger partial charge < -0.3 is 20.1 Å². The maximum absolute atomic E-state index is 12.7. The molecule has 2 aliphatic heterocycles. The average molecular weight is 424 g/mol. The van der Waals surface area contributed by atoms with E-state index in [1.54, 1.807) is 18.2 Å². The number of benzene rings is 1. The molecule has 2 aliphatic rings. The van der Waals surface area contributed by atoms with Crippen molar-refractivity contribution in [3.05, 3.63) is 28.2 Å². The van der Waals surface area contributed by atoms with Crippen molar-refractivity contribution in [2.45, 2.75) is 31.2 Å². The first-order chi connectivity index (χ1) is 12.0. The number of nitrogens with two attached hydrogens (primary N) is 1. The van der Waals surface area contributed by atoms with Gasteiger partial charge in [-0.25, -0.2) is 0 Å². The molecule has 2 fully saturated rings. The normalized spacial score (nSPS) is 20.3. The van der Waals surface area contributed by atoms with Crippen LogP contribution in [-0.2, 0) is 9.53 Å². The molecule has 0 radical (unpaired) electrons. The van der Waals surface area contributed by atoms with E-state index in [-0.39, 0.29) is 18.3 Å². The Hall–Kier alpha value is -0.720. The third kappa shape index (κ3) is 5.40. The van der Waals surface area contributed by atoms with E-state index in [9.17, 15) is 4.79 Å². The summed E-state index contributed by atoms with van der Waals surface area (Å²) in [7, 11) is 0. The molecule has 1 aromatic rings. The van der Waals surface area contributed by atoms with Crippen molar-refractivity contribution >= 4 is 41.5 Å². The van der Waals surface area contributed by atoms with Gasteiger partial charge in [0.1, 0.15) is 5.75 Å². The van der Waals surface area contributed by atoms with Crippen molar-refractivity contribution in [3.8, 4) is 5.75 Å². The van der Waals surface area contributed by atoms with Crippen LogP contribution >= 0.6 is 35.6 Å². The molecule has 1 amide bonds. The SMILES string of the molecule is Cl.NC1(C(=O)N2CCC(COc3cc(Cl)cc(Cl)c3)CC2)CCOCC1. The van der Waals surface area contributed by atoms with E-state index in [2.05, 4.69) is 0 Å². The van der Waals surface area contributed by atoms with Gasteiger partial charge in [0.25, 0.3) is 0 Å². The lowest BCUT2D eigenvalue weighted by atomic mass is 9.88. The van der Waals surface area contributed by atoms with Crippen LogP contribution in [-0.4, -0.2) is 49.3 Å². The molecule has 0 saturated carbocycles. The van der Waals surface area contributed by atoms with Crippen molar-refractivity contribution in [1.82, 2.24) is 4.90 Å². The van der Waals surface area contributed by atoms with Crippen LogP contribution in [0.5, 0.6) is 5.75 Å². The molecule has 0 atom stereocenters. The fourth-order valence-corrected chi connectivity index (χ4v) is 3.90. The van der Waals surface area contributed by atoms with Crippen molar-refractivity contribution in [1.29, 1.82) is 0 Å². The molecule has 0 bridgehead atoms. The Morgan fingerprint density at radius 1 is 1.19 bits per heavy atom. The van der Waals surface area contributed by atoms with E-state index >= 15 is 0 Å². The van der Waals surface area contributed by atoms with Gasteiger partial charge in [0.15, 0.2) is 0 Å². The Balaban J connectivity index is 0.00000243. The third-order valence-corrected chi connectivity index (χ3v) is 5.47. The number of nitrogens with zero attached hydrogens (tertiary/aromatic N) is 1. The summed E-state index contributed by atoms with van der Waals surface area (Å²) < 4.78 is 11.1. The van der Waals surface area contributed by atoms with Crippen LogP contribution in [0.25, 0.3) is 0 Å². The van der Waals surface area contributed by atoms with Gasteiger partial charge in [0.05, 0.1) is 12.1 Å². The van der Waals surface area contributed by atoms with E-state index in [1.807, 2.05) is 4.90 Å². The number of halogens is 3. The van der Waals surface area contributed by atoms with Gasteiger partial charge >= 0.3 is 0 Å². The molecule has 0 aromatic heterocycles. The first-order valence-corrected chi connectivity index (χ1v) is 9.47. The molecule has 146 valence electrons. The van der Waals surface area contributed by atoms with E-state index in [4.69, 9.17) is 38.4 Å². The van der Waals surface area contributed by atoms with Crippen LogP contribution in [0.1, 0.15) is 25.7 Å². The fraction of sp³-hybridized carbons (Fsp3) is 0.611. The molecule has 1 aromatic carbocycles. The molecule has 0 spiro atoms. The smallest absolute Gasteiger partial charge is 0.242 e. The molecular weight excluding hydrogens is 399 g/mol. The molecule has 8 heteroatoms. The van der Waals surface area contributed by atoms with Gasteiger partial charge in [0, 0.05) is 36.3 Å². The molecule has 0 aliphatic carbocycles. The third-order valence-electron chi connectivity index (χ3n) is 5.03. The van der Waals surface area contributed by atoms with Crippen molar-refractivity contribution < 1.29 is 14.3 Å². The number of hydrogen-bond donors (Lipinski definition) is 1. The van der Waals surface area contributed by atoms with Gasteiger partial charge in [-0.2, -0.15) is 0 Å². The minimum absolute atomic E-state index is 0. The Bertz CT molecular complexity index is 595. The highest BCUT2D eigenvalue weighted by molar-refractivity contribution is 6.34. The van der Waals surface area contributed by atoms with Gasteiger partial charge in [-0.1, -0.05) is 23.2 Å². The van der Waals surface area contributed by atoms with Crippen LogP contribution in [0.2, 0.25) is 10.0 Å². The number of piperidine rings is 1. The number of amides is 1. The maximum Gasteiger partial charge on any atom is 0.242 e. The summed E-state index contributed by atoms with van der Waals surface area (Å²) >= 11 is 12.0. The number of rotatable bonds is 4. The summed E-state index contributed by atoms with van der Waals surface area (Å²) in [5.74, 6) is 1.15. The molecular formula is C18H25Cl3N2O3. The van der Waals surface area contributed by atoms with Crippen LogP contribution in [0, 0.1) is 5.92 Å². The zero-order valence-electron chi connectivity index (χ0n) is 14.6. The first kappa shape index (κ1) is 21.6. The molecule has 0 unspecified atom stereocenters. The Kier molecular flexibility index (Phi) is 7.86. The monoisotopic (exact) mass is 422 g/mol. The predicted molar refractivity (Wildman–Crippen MR) is 105 cm³/mol. The Morgan fingerprint density at radius 2 is 1.77 bits per heavy atom. The number of likely N-dealkylation sites (tertiary alicyclic amines) is 1. The zero-order chi connectivity index (χ0) is 17.9. The van der Waals surface area contributed by atoms with Crippen molar-refractivity contribution in [2.24, 2.45) is 11.7 Å². The lowest BCUT2D eigenvalue weighted by Gasteiger charge is -2.39. The standard InChI is InChI=1S/C18H24Cl2N2O3.ClH/c19-14-9-15(20)11-16(10-14)25-12-13-1-5-22(6-2-13)17(23)18(21)3-7-24-8-4-18;/h9-11,13H,1-8,12,21H2;1H. The molecule has 2 N–H and O–H groups in total. The highest BCUT2D eigenvalue weighted by Gasteiger charge is 2.39. The Labute approximate surface area is 170 Å². The topological polar surface area (TPSA) is 64.8 Å². The molecule has 3 rings (SSSR count). The van der Waals surface area contributed by atoms with Crippen LogP contribution in [0.15, 0.2) is 18.2 Å². The average Bonchev–Trinajstić information content (AvgIpc) is 2.60. The lowest BCUT2D eigenvalue weighted by Crippen LogP contribution is -2.59. The second-order valence-corrected chi connectivity index (χ2v) is 7.79. The number of ether oxygens (including phenoxy) is 2. The molecule has 2 saturated heterocycles. The minimum atomic E-state index is -0.751. The molecule has 5 nitrogen and oxygen atoms in total. The number of carbonyl (C=O) groups is 1. The Morgan fingerprint density at radius 3 is 2.35 bits per heavy atom. The van der Waals surface area contributed by atoms with E-state index in [0.29, 0.717) is 54.4 Å². The highest BCUT2D eigenvalue weighted by Crippen LogP contribution is 2.27. The van der Waals surface area contributed by atoms with Gasteiger partial charge in [-0.3, -0.25) is 4.79 Å². The van der Waals surface area contributed by atoms with Crippen LogP contribution in [0.4, 0.5) is 0 Å². The largest absolute Gasteiger partial charge is 0.493 e. The first-order valence-electron chi connectivity index (χ1n) is 8.71. The quantitative estimate of drug-likeness (QED) is 0.804. The second-order valence-electron chi connectivity index (χ2n) is 6.92. The van der Waals surface area contributed by atoms with Crippen molar-refractivity contribution in [2.75, 3.05) is 32.9 Å². The fourth-order valence-electron chi connectivity index (χ4n) is 3.39. The summed E-state index contributed by atoms with van der Waals surface area (Å²) in [6.07, 6.45) is 3.02. The summed E-state index contributed by atoms with van der Waals surface area (Å²) in [4.78, 5) is 14.6. The van der Waals surface area contributed by atoms with Gasteiger partial charge in [-0.05, 0) is 49.8 Å². The molecule has 2 heterocycles. The van der Waals surface area contributed by atoms with E-state index in [1.165, 1.54) is 0 Å². The summed E-state index contributed by atoms with van der Waals surface area (Å²) in [5, 5.41) is 1.13.